The lowest BCUT2D eigenvalue weighted by molar-refractivity contribution is 0.0611. The summed E-state index contributed by atoms with van der Waals surface area (Å²) in [7, 11) is 1.72. The van der Waals surface area contributed by atoms with Gasteiger partial charge in [0.2, 0.25) is 0 Å². The fourth-order valence-electron chi connectivity index (χ4n) is 1.33. The molecule has 1 rings (SSSR count). The van der Waals surface area contributed by atoms with Gasteiger partial charge in [-0.3, -0.25) is 9.78 Å². The molecule has 0 saturated heterocycles. The van der Waals surface area contributed by atoms with Gasteiger partial charge in [0.15, 0.2) is 0 Å². The first kappa shape index (κ1) is 14.2. The molecule has 0 aromatic carbocycles. The van der Waals surface area contributed by atoms with E-state index in [0.29, 0.717) is 0 Å². The Morgan fingerprint density at radius 2 is 2.00 bits per heavy atom. The summed E-state index contributed by atoms with van der Waals surface area (Å²) in [5.74, 6) is -1.26. The van der Waals surface area contributed by atoms with Crippen molar-refractivity contribution in [1.82, 2.24) is 9.88 Å². The Hall–Kier alpha value is -1.91. The molecule has 0 fully saturated rings. The van der Waals surface area contributed by atoms with Crippen molar-refractivity contribution in [3.63, 3.8) is 0 Å². The van der Waals surface area contributed by atoms with Crippen molar-refractivity contribution in [2.75, 3.05) is 7.05 Å². The number of aromatic carboxylic acids is 1. The van der Waals surface area contributed by atoms with Crippen LogP contribution in [0, 0.1) is 0 Å². The number of rotatable bonds is 4. The van der Waals surface area contributed by atoms with Crippen molar-refractivity contribution in [1.29, 1.82) is 0 Å². The van der Waals surface area contributed by atoms with Gasteiger partial charge in [0.05, 0.1) is 5.56 Å². The number of carboxylic acids is 1. The normalized spacial score (nSPS) is 11.1. The van der Waals surface area contributed by atoms with Crippen LogP contribution < -0.4 is 0 Å². The summed E-state index contributed by atoms with van der Waals surface area (Å²) in [4.78, 5) is 28.4. The Labute approximate surface area is 106 Å². The Balaban J connectivity index is 2.94. The van der Waals surface area contributed by atoms with Gasteiger partial charge >= 0.3 is 5.97 Å². The van der Waals surface area contributed by atoms with E-state index in [1.54, 1.807) is 11.9 Å². The Morgan fingerprint density at radius 1 is 1.39 bits per heavy atom. The second-order valence-electron chi connectivity index (χ2n) is 4.77. The maximum absolute atomic E-state index is 12.1. The molecule has 1 aromatic rings. The quantitative estimate of drug-likeness (QED) is 0.887. The number of pyridine rings is 1. The topological polar surface area (TPSA) is 70.5 Å². The summed E-state index contributed by atoms with van der Waals surface area (Å²) in [6.45, 7) is 5.94. The van der Waals surface area contributed by atoms with Crippen LogP contribution in [-0.4, -0.2) is 39.5 Å². The van der Waals surface area contributed by atoms with E-state index in [1.807, 2.05) is 20.8 Å². The van der Waals surface area contributed by atoms with Crippen molar-refractivity contribution < 1.29 is 14.7 Å². The number of hydrogen-bond acceptors (Lipinski definition) is 3. The number of amides is 1. The van der Waals surface area contributed by atoms with Crippen LogP contribution >= 0.6 is 0 Å². The smallest absolute Gasteiger partial charge is 0.337 e. The zero-order valence-corrected chi connectivity index (χ0v) is 11.1. The molecule has 1 amide bonds. The third-order valence-electron chi connectivity index (χ3n) is 3.31. The molecule has 0 atom stereocenters. The van der Waals surface area contributed by atoms with Crippen molar-refractivity contribution in [3.05, 3.63) is 29.6 Å². The van der Waals surface area contributed by atoms with E-state index < -0.39 is 5.97 Å². The van der Waals surface area contributed by atoms with Crippen LogP contribution in [0.25, 0.3) is 0 Å². The Kier molecular flexibility index (Phi) is 4.06. The van der Waals surface area contributed by atoms with Crippen LogP contribution in [0.1, 0.15) is 48.0 Å². The van der Waals surface area contributed by atoms with Crippen LogP contribution in [0.2, 0.25) is 0 Å². The maximum atomic E-state index is 12.1. The number of carbonyl (C=O) groups is 2. The van der Waals surface area contributed by atoms with E-state index in [2.05, 4.69) is 4.98 Å². The van der Waals surface area contributed by atoms with E-state index in [1.165, 1.54) is 18.3 Å². The van der Waals surface area contributed by atoms with E-state index in [9.17, 15) is 9.59 Å². The molecule has 98 valence electrons. The highest BCUT2D eigenvalue weighted by atomic mass is 16.4. The number of hydrogen-bond donors (Lipinski definition) is 1. The highest BCUT2D eigenvalue weighted by Crippen LogP contribution is 2.18. The molecule has 1 N–H and O–H groups in total. The minimum Gasteiger partial charge on any atom is -0.478 e. The maximum Gasteiger partial charge on any atom is 0.337 e. The van der Waals surface area contributed by atoms with E-state index in [0.717, 1.165) is 6.42 Å². The van der Waals surface area contributed by atoms with Gasteiger partial charge in [-0.15, -0.1) is 0 Å². The first-order valence-electron chi connectivity index (χ1n) is 5.77. The largest absolute Gasteiger partial charge is 0.478 e. The van der Waals surface area contributed by atoms with Gasteiger partial charge in [0.1, 0.15) is 5.69 Å². The average Bonchev–Trinajstić information content (AvgIpc) is 2.37. The molecule has 5 nitrogen and oxygen atoms in total. The standard InChI is InChI=1S/C13H18N2O3/c1-5-13(2,3)15(4)11(16)10-7-6-9(8-14-10)12(17)18/h6-8H,5H2,1-4H3,(H,17,18). The molecule has 0 aliphatic rings. The molecule has 0 aliphatic heterocycles. The predicted octanol–water partition coefficient (Wildman–Crippen LogP) is 2.04. The Bertz CT molecular complexity index is 452. The fourth-order valence-corrected chi connectivity index (χ4v) is 1.33. The summed E-state index contributed by atoms with van der Waals surface area (Å²) in [6.07, 6.45) is 2.02. The summed E-state index contributed by atoms with van der Waals surface area (Å²) in [5.41, 5.74) is 0.0671. The van der Waals surface area contributed by atoms with Gasteiger partial charge in [-0.05, 0) is 32.4 Å². The highest BCUT2D eigenvalue weighted by Gasteiger charge is 2.27. The molecule has 0 unspecified atom stereocenters. The van der Waals surface area contributed by atoms with Crippen molar-refractivity contribution >= 4 is 11.9 Å². The number of carboxylic acid groups (broad SMARTS) is 1. The van der Waals surface area contributed by atoms with Crippen LogP contribution in [0.3, 0.4) is 0 Å². The van der Waals surface area contributed by atoms with Gasteiger partial charge in [0.25, 0.3) is 5.91 Å². The molecule has 0 saturated carbocycles. The summed E-state index contributed by atoms with van der Waals surface area (Å²) in [5, 5.41) is 8.76. The van der Waals surface area contributed by atoms with Gasteiger partial charge in [0, 0.05) is 18.8 Å². The molecule has 5 heteroatoms. The zero-order valence-electron chi connectivity index (χ0n) is 11.1. The molecule has 0 aliphatic carbocycles. The number of aromatic nitrogens is 1. The van der Waals surface area contributed by atoms with Gasteiger partial charge in [-0.2, -0.15) is 0 Å². The lowest BCUT2D eigenvalue weighted by Crippen LogP contribution is -2.44. The third kappa shape index (κ3) is 2.85. The first-order valence-corrected chi connectivity index (χ1v) is 5.77. The molecular formula is C13H18N2O3. The lowest BCUT2D eigenvalue weighted by Gasteiger charge is -2.34. The third-order valence-corrected chi connectivity index (χ3v) is 3.31. The highest BCUT2D eigenvalue weighted by molar-refractivity contribution is 5.94. The lowest BCUT2D eigenvalue weighted by atomic mass is 9.99. The van der Waals surface area contributed by atoms with Crippen LogP contribution in [0.15, 0.2) is 18.3 Å². The summed E-state index contributed by atoms with van der Waals surface area (Å²) < 4.78 is 0. The van der Waals surface area contributed by atoms with Crippen LogP contribution in [-0.2, 0) is 0 Å². The molecule has 0 bridgehead atoms. The Morgan fingerprint density at radius 3 is 2.39 bits per heavy atom. The molecule has 0 radical (unpaired) electrons. The predicted molar refractivity (Wildman–Crippen MR) is 67.7 cm³/mol. The monoisotopic (exact) mass is 250 g/mol. The van der Waals surface area contributed by atoms with E-state index >= 15 is 0 Å². The molecule has 1 aromatic heterocycles. The molecule has 1 heterocycles. The van der Waals surface area contributed by atoms with Crippen LogP contribution in [0.5, 0.6) is 0 Å². The number of carbonyl (C=O) groups excluding carboxylic acids is 1. The SMILES string of the molecule is CCC(C)(C)N(C)C(=O)c1ccc(C(=O)O)cn1. The first-order chi connectivity index (χ1) is 8.29. The van der Waals surface area contributed by atoms with Gasteiger partial charge in [-0.1, -0.05) is 6.92 Å². The zero-order chi connectivity index (χ0) is 13.9. The van der Waals surface area contributed by atoms with Crippen molar-refractivity contribution in [3.8, 4) is 0 Å². The van der Waals surface area contributed by atoms with Gasteiger partial charge in [-0.25, -0.2) is 4.79 Å². The van der Waals surface area contributed by atoms with E-state index in [-0.39, 0.29) is 22.7 Å². The minimum atomic E-state index is -1.05. The molecule has 18 heavy (non-hydrogen) atoms. The minimum absolute atomic E-state index is 0.0731. The van der Waals surface area contributed by atoms with Crippen molar-refractivity contribution in [2.24, 2.45) is 0 Å². The summed E-state index contributed by atoms with van der Waals surface area (Å²) in [6, 6.07) is 2.82. The molecule has 0 spiro atoms. The van der Waals surface area contributed by atoms with Crippen LogP contribution in [0.4, 0.5) is 0 Å². The fraction of sp³-hybridized carbons (Fsp3) is 0.462. The summed E-state index contributed by atoms with van der Waals surface area (Å²) >= 11 is 0. The average molecular weight is 250 g/mol. The van der Waals surface area contributed by atoms with E-state index in [4.69, 9.17) is 5.11 Å². The van der Waals surface area contributed by atoms with Crippen molar-refractivity contribution in [2.45, 2.75) is 32.7 Å². The number of nitrogens with zero attached hydrogens (tertiary/aromatic N) is 2. The van der Waals surface area contributed by atoms with Gasteiger partial charge < -0.3 is 10.0 Å². The second-order valence-corrected chi connectivity index (χ2v) is 4.77. The second kappa shape index (κ2) is 5.16. The molecular weight excluding hydrogens is 232 g/mol.